The minimum Gasteiger partial charge on any atom is -0.462 e. The molecular weight excluding hydrogens is 838 g/mol. The Morgan fingerprint density at radius 1 is 0.565 bits per heavy atom. The monoisotopic (exact) mass is 916 g/mol. The molecule has 1 aliphatic rings. The molecule has 0 aromatic heterocycles. The number of carbonyl (C=O) groups excluding carboxylic acids is 2. The number of rotatable bonds is 41. The number of esters is 2. The van der Waals surface area contributed by atoms with Crippen LogP contribution in [0.4, 0.5) is 0 Å². The van der Waals surface area contributed by atoms with Gasteiger partial charge in [0.25, 0.3) is 0 Å². The van der Waals surface area contributed by atoms with E-state index in [9.17, 15) is 28.7 Å². The Balaban J connectivity index is 2.39. The van der Waals surface area contributed by atoms with Crippen molar-refractivity contribution in [2.45, 2.75) is 180 Å². The third kappa shape index (κ3) is 38.0. The van der Waals surface area contributed by atoms with Gasteiger partial charge in [-0.25, -0.2) is 9.13 Å². The molecule has 0 aliphatic carbocycles. The molecule has 16 heteroatoms. The van der Waals surface area contributed by atoms with Gasteiger partial charge >= 0.3 is 27.6 Å². The molecule has 0 spiro atoms. The quantitative estimate of drug-likeness (QED) is 0.0148. The highest BCUT2D eigenvalue weighted by atomic mass is 31.2. The smallest absolute Gasteiger partial charge is 0.462 e. The van der Waals surface area contributed by atoms with Crippen LogP contribution in [-0.2, 0) is 46.5 Å². The predicted octanol–water partition coefficient (Wildman–Crippen LogP) is 10.8. The average molecular weight is 917 g/mol. The summed E-state index contributed by atoms with van der Waals surface area (Å²) in [5.41, 5.74) is 0. The summed E-state index contributed by atoms with van der Waals surface area (Å²) in [6, 6.07) is 0. The van der Waals surface area contributed by atoms with E-state index in [0.717, 1.165) is 70.6 Å². The summed E-state index contributed by atoms with van der Waals surface area (Å²) in [7, 11) is -9.71. The van der Waals surface area contributed by atoms with Crippen molar-refractivity contribution in [3.05, 3.63) is 72.9 Å². The lowest BCUT2D eigenvalue weighted by molar-refractivity contribution is -0.161. The fourth-order valence-corrected chi connectivity index (χ4v) is 7.09. The zero-order valence-electron chi connectivity index (χ0n) is 37.4. The molecule has 0 aromatic rings. The Labute approximate surface area is 371 Å². The summed E-state index contributed by atoms with van der Waals surface area (Å²) >= 11 is 0. The summed E-state index contributed by atoms with van der Waals surface area (Å²) in [6.45, 7) is 1.53. The van der Waals surface area contributed by atoms with Crippen LogP contribution < -0.4 is 0 Å². The van der Waals surface area contributed by atoms with Crippen molar-refractivity contribution in [1.29, 1.82) is 0 Å². The van der Waals surface area contributed by atoms with E-state index >= 15 is 0 Å². The molecule has 0 radical (unpaired) electrons. The number of hydrogen-bond donors (Lipinski definition) is 4. The zero-order chi connectivity index (χ0) is 45.6. The van der Waals surface area contributed by atoms with E-state index in [2.05, 4.69) is 77.6 Å². The molecule has 0 aromatic carbocycles. The first-order chi connectivity index (χ1) is 29.8. The lowest BCUT2D eigenvalue weighted by Gasteiger charge is -2.20. The maximum atomic E-state index is 12.7. The van der Waals surface area contributed by atoms with Crippen molar-refractivity contribution in [2.24, 2.45) is 0 Å². The van der Waals surface area contributed by atoms with Gasteiger partial charge in [-0.05, 0) is 77.0 Å². The maximum absolute atomic E-state index is 12.7. The van der Waals surface area contributed by atoms with Crippen LogP contribution in [-0.4, -0.2) is 82.6 Å². The number of epoxide rings is 1. The molecule has 4 N–H and O–H groups in total. The van der Waals surface area contributed by atoms with Gasteiger partial charge in [-0.1, -0.05) is 138 Å². The van der Waals surface area contributed by atoms with Gasteiger partial charge in [-0.3, -0.25) is 23.2 Å². The number of phosphoric acid groups is 2. The molecule has 1 heterocycles. The molecule has 3 unspecified atom stereocenters. The highest BCUT2D eigenvalue weighted by Crippen LogP contribution is 2.44. The molecule has 1 rings (SSSR count). The van der Waals surface area contributed by atoms with Crippen LogP contribution in [0.5, 0.6) is 0 Å². The lowest BCUT2D eigenvalue weighted by atomic mass is 10.1. The van der Waals surface area contributed by atoms with Crippen LogP contribution in [0, 0.1) is 0 Å². The fraction of sp³-hybridized carbons (Fsp3) is 0.696. The van der Waals surface area contributed by atoms with Crippen molar-refractivity contribution in [2.75, 3.05) is 26.4 Å². The van der Waals surface area contributed by atoms with E-state index in [4.69, 9.17) is 28.5 Å². The van der Waals surface area contributed by atoms with Crippen LogP contribution in [0.1, 0.15) is 155 Å². The van der Waals surface area contributed by atoms with Crippen molar-refractivity contribution in [3.8, 4) is 0 Å². The zero-order valence-corrected chi connectivity index (χ0v) is 39.2. The van der Waals surface area contributed by atoms with Crippen molar-refractivity contribution < 1.29 is 66.3 Å². The number of phosphoric ester groups is 2. The topological polar surface area (TPSA) is 208 Å². The maximum Gasteiger partial charge on any atom is 0.472 e. The SMILES string of the molecule is CC/C=C\CC1OC1C/C=C\C/C=C\C/C=C\C/C=C\CCC(=O)OC[C@H](COP(=O)(O)OC[C@@H](O)COP(=O)(O)O)OC(=O)CCCCCCCCC/C=C\CCCCCC. The average Bonchev–Trinajstić information content (AvgIpc) is 3.99. The molecule has 1 aliphatic heterocycles. The second kappa shape index (κ2) is 37.9. The second-order valence-corrected chi connectivity index (χ2v) is 18.0. The van der Waals surface area contributed by atoms with Crippen molar-refractivity contribution in [3.63, 3.8) is 0 Å². The van der Waals surface area contributed by atoms with E-state index in [1.54, 1.807) is 0 Å². The lowest BCUT2D eigenvalue weighted by Crippen LogP contribution is -2.29. The van der Waals surface area contributed by atoms with Gasteiger partial charge in [-0.2, -0.15) is 0 Å². The fourth-order valence-electron chi connectivity index (χ4n) is 5.94. The number of ether oxygens (including phenoxy) is 3. The molecule has 14 nitrogen and oxygen atoms in total. The normalized spacial score (nSPS) is 17.9. The Bertz CT molecular complexity index is 1440. The van der Waals surface area contributed by atoms with Crippen LogP contribution >= 0.6 is 15.6 Å². The largest absolute Gasteiger partial charge is 0.472 e. The second-order valence-electron chi connectivity index (χ2n) is 15.3. The molecule has 5 atom stereocenters. The van der Waals surface area contributed by atoms with E-state index in [1.807, 2.05) is 18.2 Å². The standard InChI is InChI=1S/C46H78O14P2/c1-3-5-7-8-9-10-11-12-13-14-19-22-25-28-32-36-46(49)59-42(40-58-62(53,54)57-38-41(47)37-56-61(50,51)52)39-55-45(48)35-31-27-24-21-18-16-15-17-20-23-26-30-34-44-43(60-44)33-29-6-4-2/h6,10-11,16-18,20,24,26-27,29-30,41-44,47H,3-5,7-9,12-15,19,21-23,25,28,31-40H2,1-2H3,(H,53,54)(H2,50,51,52)/b11-10-,18-16-,20-17-,27-24-,29-6-,30-26-/t41-,42+,43?,44?/m0/s1. The van der Waals surface area contributed by atoms with E-state index < -0.39 is 66.2 Å². The minimum absolute atomic E-state index is 0.0629. The van der Waals surface area contributed by atoms with Gasteiger partial charge < -0.3 is 34.0 Å². The molecule has 0 saturated carbocycles. The van der Waals surface area contributed by atoms with E-state index in [-0.39, 0.29) is 12.8 Å². The van der Waals surface area contributed by atoms with Gasteiger partial charge in [-0.15, -0.1) is 0 Å². The molecule has 1 fully saturated rings. The summed E-state index contributed by atoms with van der Waals surface area (Å²) in [6.07, 6.45) is 43.7. The first kappa shape index (κ1) is 57.5. The number of carbonyl (C=O) groups is 2. The molecule has 1 saturated heterocycles. The van der Waals surface area contributed by atoms with E-state index in [0.29, 0.717) is 31.5 Å². The highest BCUT2D eigenvalue weighted by molar-refractivity contribution is 7.47. The van der Waals surface area contributed by atoms with E-state index in [1.165, 1.54) is 38.5 Å². The molecule has 0 bridgehead atoms. The number of allylic oxidation sites excluding steroid dienone is 10. The Hall–Kier alpha value is -2.48. The summed E-state index contributed by atoms with van der Waals surface area (Å²) in [4.78, 5) is 52.7. The van der Waals surface area contributed by atoms with Crippen LogP contribution in [0.15, 0.2) is 72.9 Å². The molecule has 0 amide bonds. The van der Waals surface area contributed by atoms with Gasteiger partial charge in [0.15, 0.2) is 6.10 Å². The predicted molar refractivity (Wildman–Crippen MR) is 243 cm³/mol. The third-order valence-electron chi connectivity index (χ3n) is 9.48. The Morgan fingerprint density at radius 2 is 1.06 bits per heavy atom. The number of aliphatic hydroxyl groups excluding tert-OH is 1. The minimum atomic E-state index is -4.87. The number of unbranched alkanes of at least 4 members (excludes halogenated alkanes) is 11. The van der Waals surface area contributed by atoms with Crippen molar-refractivity contribution in [1.82, 2.24) is 0 Å². The summed E-state index contributed by atoms with van der Waals surface area (Å²) in [5.74, 6) is -1.14. The van der Waals surface area contributed by atoms with Gasteiger partial charge in [0.2, 0.25) is 0 Å². The Morgan fingerprint density at radius 3 is 1.66 bits per heavy atom. The number of aliphatic hydroxyl groups is 1. The third-order valence-corrected chi connectivity index (χ3v) is 10.9. The molecule has 356 valence electrons. The summed E-state index contributed by atoms with van der Waals surface area (Å²) < 4.78 is 53.4. The number of hydrogen-bond acceptors (Lipinski definition) is 11. The first-order valence-electron chi connectivity index (χ1n) is 22.8. The van der Waals surface area contributed by atoms with Crippen LogP contribution in [0.25, 0.3) is 0 Å². The Kier molecular flexibility index (Phi) is 35.1. The molecular formula is C46H78O14P2. The van der Waals surface area contributed by atoms with Gasteiger partial charge in [0, 0.05) is 12.8 Å². The first-order valence-corrected chi connectivity index (χ1v) is 25.8. The summed E-state index contributed by atoms with van der Waals surface area (Å²) in [5, 5.41) is 9.75. The van der Waals surface area contributed by atoms with Crippen LogP contribution in [0.2, 0.25) is 0 Å². The van der Waals surface area contributed by atoms with Gasteiger partial charge in [0.05, 0.1) is 32.0 Å². The highest BCUT2D eigenvalue weighted by Gasteiger charge is 2.36. The van der Waals surface area contributed by atoms with Crippen LogP contribution in [0.3, 0.4) is 0 Å². The molecule has 62 heavy (non-hydrogen) atoms. The van der Waals surface area contributed by atoms with Gasteiger partial charge in [0.1, 0.15) is 12.7 Å². The van der Waals surface area contributed by atoms with Crippen molar-refractivity contribution >= 4 is 27.6 Å².